The molecule has 0 atom stereocenters. The van der Waals surface area contributed by atoms with Crippen molar-refractivity contribution in [2.24, 2.45) is 5.16 Å². The van der Waals surface area contributed by atoms with Gasteiger partial charge in [0.05, 0.1) is 16.2 Å². The van der Waals surface area contributed by atoms with Gasteiger partial charge in [0.1, 0.15) is 12.4 Å². The van der Waals surface area contributed by atoms with E-state index in [1.54, 1.807) is 61.5 Å². The van der Waals surface area contributed by atoms with E-state index in [2.05, 4.69) is 11.2 Å². The summed E-state index contributed by atoms with van der Waals surface area (Å²) >= 11 is 0. The first-order chi connectivity index (χ1) is 15.0. The van der Waals surface area contributed by atoms with Crippen LogP contribution in [0.4, 0.5) is 5.69 Å². The molecule has 0 saturated carbocycles. The topological polar surface area (TPSA) is 106 Å². The molecule has 0 heterocycles. The molecule has 0 aliphatic carbocycles. The van der Waals surface area contributed by atoms with Gasteiger partial charge in [-0.3, -0.25) is 14.9 Å². The molecule has 0 saturated heterocycles. The Labute approximate surface area is 180 Å². The highest BCUT2D eigenvalue weighted by atomic mass is 16.6. The van der Waals surface area contributed by atoms with E-state index in [0.29, 0.717) is 22.4 Å². The van der Waals surface area contributed by atoms with E-state index in [4.69, 9.17) is 4.84 Å². The normalized spacial score (nSPS) is 10.3. The standard InChI is InChI=1S/C22H15N3O4.C2H6/c1-15(17-8-10-21(11-9-17)25(27)28)24-29-22-12-19(6-7-20(22)13-23)18-4-2-16(14-26)3-5-18;1-2/h2-12,14H,1H3;1-2H3/b24-15-;. The van der Waals surface area contributed by atoms with E-state index in [9.17, 15) is 20.2 Å². The van der Waals surface area contributed by atoms with Gasteiger partial charge in [-0.25, -0.2) is 0 Å². The monoisotopic (exact) mass is 415 g/mol. The van der Waals surface area contributed by atoms with Crippen molar-refractivity contribution in [1.29, 1.82) is 5.26 Å². The smallest absolute Gasteiger partial charge is 0.269 e. The summed E-state index contributed by atoms with van der Waals surface area (Å²) in [5.74, 6) is 0.283. The molecule has 3 aromatic carbocycles. The molecule has 0 unspecified atom stereocenters. The van der Waals surface area contributed by atoms with Crippen LogP contribution >= 0.6 is 0 Å². The summed E-state index contributed by atoms with van der Waals surface area (Å²) in [6, 6.07) is 20.1. The lowest BCUT2D eigenvalue weighted by Crippen LogP contribution is -1.99. The second-order valence-corrected chi connectivity index (χ2v) is 6.13. The largest absolute Gasteiger partial charge is 0.355 e. The zero-order chi connectivity index (χ0) is 22.8. The zero-order valence-corrected chi connectivity index (χ0v) is 17.4. The maximum Gasteiger partial charge on any atom is 0.269 e. The molecule has 0 radical (unpaired) electrons. The molecule has 156 valence electrons. The number of rotatable bonds is 6. The fourth-order valence-electron chi connectivity index (χ4n) is 2.62. The Morgan fingerprint density at radius 3 is 2.19 bits per heavy atom. The lowest BCUT2D eigenvalue weighted by atomic mass is 10.0. The maximum atomic E-state index is 10.8. The Morgan fingerprint density at radius 2 is 1.65 bits per heavy atom. The van der Waals surface area contributed by atoms with Crippen molar-refractivity contribution < 1.29 is 14.6 Å². The van der Waals surface area contributed by atoms with Crippen LogP contribution in [-0.4, -0.2) is 16.9 Å². The molecule has 0 aliphatic rings. The van der Waals surface area contributed by atoms with Crippen LogP contribution in [0.2, 0.25) is 0 Å². The highest BCUT2D eigenvalue weighted by molar-refractivity contribution is 5.98. The molecular weight excluding hydrogens is 394 g/mol. The van der Waals surface area contributed by atoms with Crippen LogP contribution in [0.15, 0.2) is 71.9 Å². The lowest BCUT2D eigenvalue weighted by molar-refractivity contribution is -0.384. The van der Waals surface area contributed by atoms with E-state index in [0.717, 1.165) is 17.4 Å². The minimum atomic E-state index is -0.473. The van der Waals surface area contributed by atoms with Gasteiger partial charge in [0.25, 0.3) is 5.69 Å². The van der Waals surface area contributed by atoms with Crippen LogP contribution in [0.5, 0.6) is 5.75 Å². The van der Waals surface area contributed by atoms with Crippen LogP contribution in [0.1, 0.15) is 42.3 Å². The molecule has 7 nitrogen and oxygen atoms in total. The molecular formula is C24H21N3O4. The molecule has 3 aromatic rings. The third-order valence-electron chi connectivity index (χ3n) is 4.26. The number of nitro groups is 1. The Morgan fingerprint density at radius 1 is 1.03 bits per heavy atom. The van der Waals surface area contributed by atoms with E-state index in [1.165, 1.54) is 12.1 Å². The van der Waals surface area contributed by atoms with E-state index < -0.39 is 4.92 Å². The summed E-state index contributed by atoms with van der Waals surface area (Å²) in [6.45, 7) is 5.70. The second-order valence-electron chi connectivity index (χ2n) is 6.13. The highest BCUT2D eigenvalue weighted by Crippen LogP contribution is 2.27. The maximum absolute atomic E-state index is 10.8. The van der Waals surface area contributed by atoms with Crippen molar-refractivity contribution in [2.75, 3.05) is 0 Å². The number of benzene rings is 3. The highest BCUT2D eigenvalue weighted by Gasteiger charge is 2.09. The number of hydrogen-bond acceptors (Lipinski definition) is 6. The quantitative estimate of drug-likeness (QED) is 0.220. The van der Waals surface area contributed by atoms with E-state index >= 15 is 0 Å². The Kier molecular flexibility index (Phi) is 8.17. The average molecular weight is 415 g/mol. The third-order valence-corrected chi connectivity index (χ3v) is 4.26. The summed E-state index contributed by atoms with van der Waals surface area (Å²) in [5, 5.41) is 24.1. The number of hydrogen-bond donors (Lipinski definition) is 0. The molecule has 0 fully saturated rings. The van der Waals surface area contributed by atoms with Gasteiger partial charge in [-0.2, -0.15) is 5.26 Å². The van der Waals surface area contributed by atoms with E-state index in [1.807, 2.05) is 13.8 Å². The number of non-ortho nitro benzene ring substituents is 1. The SMILES string of the molecule is C/C(=N/Oc1cc(-c2ccc(C=O)cc2)ccc1C#N)c1ccc([N+](=O)[O-])cc1.CC. The fourth-order valence-corrected chi connectivity index (χ4v) is 2.62. The number of nitriles is 1. The van der Waals surface area contributed by atoms with Crippen LogP contribution in [-0.2, 0) is 0 Å². The number of nitro benzene ring substituents is 1. The number of nitrogens with zero attached hydrogens (tertiary/aromatic N) is 3. The zero-order valence-electron chi connectivity index (χ0n) is 17.4. The summed E-state index contributed by atoms with van der Waals surface area (Å²) in [7, 11) is 0. The van der Waals surface area contributed by atoms with Crippen molar-refractivity contribution in [3.63, 3.8) is 0 Å². The minimum absolute atomic E-state index is 0.0115. The van der Waals surface area contributed by atoms with Gasteiger partial charge in [-0.1, -0.05) is 49.3 Å². The molecule has 0 aromatic heterocycles. The molecule has 7 heteroatoms. The molecule has 3 rings (SSSR count). The lowest BCUT2D eigenvalue weighted by Gasteiger charge is -2.07. The van der Waals surface area contributed by atoms with Crippen LogP contribution in [0.3, 0.4) is 0 Å². The van der Waals surface area contributed by atoms with Gasteiger partial charge in [0.15, 0.2) is 5.75 Å². The first-order valence-electron chi connectivity index (χ1n) is 9.58. The van der Waals surface area contributed by atoms with Gasteiger partial charge in [0.2, 0.25) is 0 Å². The van der Waals surface area contributed by atoms with Crippen LogP contribution < -0.4 is 4.84 Å². The van der Waals surface area contributed by atoms with Gasteiger partial charge in [-0.15, -0.1) is 0 Å². The predicted molar refractivity (Wildman–Crippen MR) is 119 cm³/mol. The summed E-state index contributed by atoms with van der Waals surface area (Å²) in [6.07, 6.45) is 0.771. The van der Waals surface area contributed by atoms with E-state index in [-0.39, 0.29) is 11.4 Å². The summed E-state index contributed by atoms with van der Waals surface area (Å²) in [4.78, 5) is 26.6. The summed E-state index contributed by atoms with van der Waals surface area (Å²) < 4.78 is 0. The third kappa shape index (κ3) is 5.84. The van der Waals surface area contributed by atoms with Gasteiger partial charge in [-0.05, 0) is 47.9 Å². The van der Waals surface area contributed by atoms with Gasteiger partial charge in [0, 0.05) is 17.7 Å². The average Bonchev–Trinajstić information content (AvgIpc) is 2.83. The van der Waals surface area contributed by atoms with Crippen molar-refractivity contribution in [3.8, 4) is 22.9 Å². The molecule has 0 spiro atoms. The second kappa shape index (κ2) is 11.0. The van der Waals surface area contributed by atoms with Crippen LogP contribution in [0.25, 0.3) is 11.1 Å². The summed E-state index contributed by atoms with van der Waals surface area (Å²) in [5.41, 5.74) is 3.71. The Balaban J connectivity index is 0.00000166. The fraction of sp³-hybridized carbons (Fsp3) is 0.125. The van der Waals surface area contributed by atoms with Crippen molar-refractivity contribution >= 4 is 17.7 Å². The first kappa shape index (κ1) is 23.0. The number of aldehydes is 1. The predicted octanol–water partition coefficient (Wildman–Crippen LogP) is 5.78. The van der Waals surface area contributed by atoms with Gasteiger partial charge >= 0.3 is 0 Å². The molecule has 31 heavy (non-hydrogen) atoms. The Hall–Kier alpha value is -4.31. The minimum Gasteiger partial charge on any atom is -0.355 e. The number of carbonyl (C=O) groups excluding carboxylic acids is 1. The molecule has 0 aliphatic heterocycles. The molecule has 0 N–H and O–H groups in total. The van der Waals surface area contributed by atoms with Crippen LogP contribution in [0, 0.1) is 21.4 Å². The van der Waals surface area contributed by atoms with Gasteiger partial charge < -0.3 is 4.84 Å². The Bertz CT molecular complexity index is 1130. The van der Waals surface area contributed by atoms with Crippen molar-refractivity contribution in [1.82, 2.24) is 0 Å². The first-order valence-corrected chi connectivity index (χ1v) is 9.58. The van der Waals surface area contributed by atoms with Crippen molar-refractivity contribution in [3.05, 3.63) is 93.5 Å². The molecule has 0 bridgehead atoms. The van der Waals surface area contributed by atoms with Crippen molar-refractivity contribution in [2.45, 2.75) is 20.8 Å². The molecule has 0 amide bonds. The number of oxime groups is 1. The number of carbonyl (C=O) groups is 1.